The summed E-state index contributed by atoms with van der Waals surface area (Å²) < 4.78 is 54.7. The first kappa shape index (κ1) is 77.0. The first-order valence-electron chi connectivity index (χ1n) is 34.0. The highest BCUT2D eigenvalue weighted by Crippen LogP contribution is 2.50. The smallest absolute Gasteiger partial charge is 0.413 e. The topological polar surface area (TPSA) is 281 Å². The molecule has 6 heterocycles. The van der Waals surface area contributed by atoms with E-state index in [-0.39, 0.29) is 77.1 Å². The predicted octanol–water partition coefficient (Wildman–Crippen LogP) is 11.6. The molecule has 10 rings (SSSR count). The van der Waals surface area contributed by atoms with E-state index in [1.54, 1.807) is 97.8 Å². The van der Waals surface area contributed by atoms with Crippen molar-refractivity contribution in [3.63, 3.8) is 0 Å². The number of quaternary nitrogens is 1. The monoisotopic (exact) mass is 1490 g/mol. The molecule has 4 aliphatic rings. The number of nitrogens with one attached hydrogen (secondary N) is 3. The van der Waals surface area contributed by atoms with Crippen LogP contribution in [0.5, 0.6) is 28.7 Å². The van der Waals surface area contributed by atoms with Crippen LogP contribution in [0.2, 0.25) is 30.7 Å². The number of aromatic nitrogens is 2. The average Bonchev–Trinajstić information content (AvgIpc) is 1.55. The number of nitrogens with zero attached hydrogens (tertiary/aromatic N) is 5. The second-order valence-corrected chi connectivity index (χ2v) is 38.3. The number of carbonyl (C=O) groups excluding carboxylic acids is 6. The van der Waals surface area contributed by atoms with Gasteiger partial charge < -0.3 is 67.2 Å². The van der Waals surface area contributed by atoms with Crippen molar-refractivity contribution in [1.29, 1.82) is 0 Å². The minimum atomic E-state index is -1.72. The summed E-state index contributed by atoms with van der Waals surface area (Å²) in [4.78, 5) is 112. The van der Waals surface area contributed by atoms with E-state index in [0.717, 1.165) is 28.5 Å². The van der Waals surface area contributed by atoms with Crippen molar-refractivity contribution in [2.45, 2.75) is 161 Å². The second kappa shape index (κ2) is 31.3. The minimum Gasteiger partial charge on any atom is -0.497 e. The molecule has 3 saturated heterocycles. The van der Waals surface area contributed by atoms with Crippen molar-refractivity contribution in [2.75, 3.05) is 66.0 Å². The summed E-state index contributed by atoms with van der Waals surface area (Å²) in [7, 11) is 3.19. The number of pyridine rings is 1. The van der Waals surface area contributed by atoms with E-state index in [0.29, 0.717) is 84.0 Å². The van der Waals surface area contributed by atoms with Gasteiger partial charge in [-0.3, -0.25) is 29.4 Å². The van der Waals surface area contributed by atoms with Gasteiger partial charge in [-0.15, -0.1) is 23.1 Å². The molecule has 3 fully saturated rings. The van der Waals surface area contributed by atoms with Gasteiger partial charge in [0.1, 0.15) is 89.9 Å². The molecule has 4 aromatic carbocycles. The molecule has 0 saturated carbocycles. The second-order valence-electron chi connectivity index (χ2n) is 30.0. The van der Waals surface area contributed by atoms with E-state index in [2.05, 4.69) is 45.7 Å². The molecular weight excluding hydrogens is 1400 g/mol. The van der Waals surface area contributed by atoms with Crippen molar-refractivity contribution in [2.24, 2.45) is 10.6 Å². The molecule has 2 aromatic heterocycles. The van der Waals surface area contributed by atoms with Crippen LogP contribution in [0.25, 0.3) is 10.9 Å². The van der Waals surface area contributed by atoms with Gasteiger partial charge in [0, 0.05) is 67.9 Å². The number of benzene rings is 4. The number of β-lactam (4-membered cyclic amide) rings is 1. The van der Waals surface area contributed by atoms with Crippen LogP contribution in [0, 0.1) is 5.41 Å². The number of fused-ring (bicyclic) bond motifs is 4. The van der Waals surface area contributed by atoms with Crippen molar-refractivity contribution in [3.05, 3.63) is 145 Å². The zero-order valence-corrected chi connectivity index (χ0v) is 64.3. The first-order valence-corrected chi connectivity index (χ1v) is 39.9. The van der Waals surface area contributed by atoms with Crippen LogP contribution in [0.15, 0.2) is 112 Å². The van der Waals surface area contributed by atoms with Crippen molar-refractivity contribution >= 4 is 100 Å². The number of carbonyl (C=O) groups is 6. The van der Waals surface area contributed by atoms with Gasteiger partial charge in [-0.2, -0.15) is 0 Å². The highest BCUT2D eigenvalue weighted by Gasteiger charge is 2.60. The van der Waals surface area contributed by atoms with Gasteiger partial charge in [0.15, 0.2) is 22.3 Å². The molecule has 103 heavy (non-hydrogen) atoms. The molecule has 3 N–H and O–H groups in total. The Hall–Kier alpha value is -8.67. The predicted molar refractivity (Wildman–Crippen MR) is 395 cm³/mol. The lowest BCUT2D eigenvalue weighted by Crippen LogP contribution is -2.72. The molecule has 4 amide bonds. The lowest BCUT2D eigenvalue weighted by Gasteiger charge is -2.51. The fourth-order valence-electron chi connectivity index (χ4n) is 12.5. The molecule has 6 aromatic rings. The molecule has 552 valence electrons. The number of methoxy groups -OCH3 is 3. The Morgan fingerprint density at radius 2 is 1.38 bits per heavy atom. The number of halogens is 1. The zero-order chi connectivity index (χ0) is 74.6. The molecule has 2 bridgehead atoms. The van der Waals surface area contributed by atoms with Gasteiger partial charge in [0.2, 0.25) is 11.0 Å². The Balaban J connectivity index is 0.916. The summed E-state index contributed by atoms with van der Waals surface area (Å²) in [6, 6.07) is 23.2. The third kappa shape index (κ3) is 18.6. The van der Waals surface area contributed by atoms with E-state index in [4.69, 9.17) is 59.1 Å². The van der Waals surface area contributed by atoms with E-state index < -0.39 is 93.9 Å². The number of ether oxygens (including phenoxy) is 9. The maximum absolute atomic E-state index is 15.1. The summed E-state index contributed by atoms with van der Waals surface area (Å²) in [6.45, 7) is 24.8. The van der Waals surface area contributed by atoms with Gasteiger partial charge >= 0.3 is 18.0 Å². The molecule has 0 radical (unpaired) electrons. The number of esters is 2. The van der Waals surface area contributed by atoms with E-state index in [1.807, 2.05) is 55.5 Å². The van der Waals surface area contributed by atoms with Gasteiger partial charge in [-0.1, -0.05) is 72.8 Å². The number of amides is 4. The molecule has 4 aliphatic heterocycles. The van der Waals surface area contributed by atoms with Crippen LogP contribution in [0.1, 0.15) is 108 Å². The Morgan fingerprint density at radius 1 is 0.796 bits per heavy atom. The van der Waals surface area contributed by atoms with Crippen molar-refractivity contribution in [1.82, 2.24) is 25.1 Å². The molecular formula is C74H92ClN8O17S2Si+. The zero-order valence-electron chi connectivity index (χ0n) is 61.0. The summed E-state index contributed by atoms with van der Waals surface area (Å²) in [5.74, 6) is -1.28. The third-order valence-corrected chi connectivity index (χ3v) is 22.4. The van der Waals surface area contributed by atoms with Crippen LogP contribution >= 0.6 is 34.7 Å². The molecule has 0 unspecified atom stereocenters. The average molecular weight is 1490 g/mol. The van der Waals surface area contributed by atoms with Gasteiger partial charge in [-0.25, -0.2) is 19.4 Å². The summed E-state index contributed by atoms with van der Waals surface area (Å²) >= 11 is 9.76. The SMILES string of the molecule is COc1ccc(COC(=O)C2=C(C[N+]34CCC(CNC(=O)c5cn(COCC[Si](C)(C)C)c6cc(OCc7ccc(OC)cc7)c(OCc7ccc(OC)cc7)c(Cl)c6c5=O)(CC3)C4)[C@H](C)S[C@@H]3[C@H](NC(=O)/C(=N\OC(C)(C)C(=O)OC(C)(C)C)c4csc(NC(=O)OC(C)(C)C)n4)C(=O)N23)cc1. The van der Waals surface area contributed by atoms with E-state index in [1.165, 1.54) is 42.1 Å². The minimum absolute atomic E-state index is 0.0110. The van der Waals surface area contributed by atoms with E-state index >= 15 is 4.79 Å². The molecule has 25 nitrogen and oxygen atoms in total. The largest absolute Gasteiger partial charge is 0.497 e. The number of piperidine rings is 1. The Morgan fingerprint density at radius 3 is 1.95 bits per heavy atom. The number of thiazole rings is 1. The number of hydrogen-bond acceptors (Lipinski definition) is 21. The third-order valence-electron chi connectivity index (χ3n) is 18.1. The maximum Gasteiger partial charge on any atom is 0.413 e. The van der Waals surface area contributed by atoms with Crippen molar-refractivity contribution < 1.29 is 80.7 Å². The summed E-state index contributed by atoms with van der Waals surface area (Å²) in [5, 5.41) is 13.0. The van der Waals surface area contributed by atoms with Gasteiger partial charge in [-0.05, 0) is 121 Å². The summed E-state index contributed by atoms with van der Waals surface area (Å²) in [5.41, 5.74) is -1.69. The molecule has 0 aliphatic carbocycles. The Labute approximate surface area is 613 Å². The maximum atomic E-state index is 15.1. The molecule has 3 atom stereocenters. The van der Waals surface area contributed by atoms with Crippen LogP contribution in [0.4, 0.5) is 9.93 Å². The van der Waals surface area contributed by atoms with Crippen molar-refractivity contribution in [3.8, 4) is 28.7 Å². The van der Waals surface area contributed by atoms with Crippen LogP contribution in [-0.4, -0.2) is 163 Å². The molecule has 0 spiro atoms. The quantitative estimate of drug-likeness (QED) is 0.00575. The van der Waals surface area contributed by atoms with Crippen LogP contribution < -0.4 is 45.1 Å². The Bertz CT molecular complexity index is 4290. The Kier molecular flexibility index (Phi) is 23.4. The number of anilines is 1. The lowest BCUT2D eigenvalue weighted by atomic mass is 9.84. The highest BCUT2D eigenvalue weighted by atomic mass is 35.5. The fraction of sp³-hybridized carbons (Fsp3) is 0.473. The highest BCUT2D eigenvalue weighted by molar-refractivity contribution is 8.00. The van der Waals surface area contributed by atoms with Gasteiger partial charge in [0.25, 0.3) is 17.7 Å². The summed E-state index contributed by atoms with van der Waals surface area (Å²) in [6.07, 6.45) is 2.12. The van der Waals surface area contributed by atoms with E-state index in [9.17, 15) is 28.8 Å². The fourth-order valence-corrected chi connectivity index (χ4v) is 15.7. The number of oxime groups is 1. The standard InChI is InChI=1S/C74H91ClN8O17S2Si/c1-44-52(60(67(88)97-39-47-20-26-50(93-12)27-21-47)82-65(87)59(66(82)102-44)78-64(86)58(80-100-73(8,9)68(89)98-71(2,3)4)53-40-101-69(77-53)79-70(90)99-72(5,6)7)36-83-30-28-74(42-83,29-31-83)41-76-63(85)51-35-81(43-94-32-33-103(13,14)15)54-34-55(95-37-45-16-22-48(91-10)23-17-45)62(57(75)56(54)61(51)84)96-38-46-18-24-49(92-11)25-19-46/h16-27,34-35,40,44,59,66H,28-33,36-39,41-43H2,1-15H3,(H2-,76,77,78,79,85,86,90)/p+1/b80-58-/t44-,59+,66+,74?,83?/m0/s1. The molecule has 29 heteroatoms. The number of rotatable bonds is 29. The normalized spacial score (nSPS) is 19.6. The number of hydrogen-bond donors (Lipinski definition) is 3. The van der Waals surface area contributed by atoms with Crippen LogP contribution in [0.3, 0.4) is 0 Å². The first-order chi connectivity index (χ1) is 48.6. The number of thioether (sulfide) groups is 1. The van der Waals surface area contributed by atoms with Crippen LogP contribution in [-0.2, 0) is 69.5 Å². The lowest BCUT2D eigenvalue weighted by molar-refractivity contribution is -0.905. The van der Waals surface area contributed by atoms with Gasteiger partial charge in [0.05, 0.1) is 56.9 Å².